The van der Waals surface area contributed by atoms with E-state index in [1.807, 2.05) is 30.3 Å². The summed E-state index contributed by atoms with van der Waals surface area (Å²) in [4.78, 5) is 10.2. The van der Waals surface area contributed by atoms with Gasteiger partial charge in [0.1, 0.15) is 0 Å². The van der Waals surface area contributed by atoms with Gasteiger partial charge in [-0.05, 0) is 235 Å². The van der Waals surface area contributed by atoms with Gasteiger partial charge in [0.2, 0.25) is 13.4 Å². The number of benzene rings is 21. The molecule has 6 heterocycles. The molecular formula is C132H93B3Br4N4O2. The van der Waals surface area contributed by atoms with Crippen molar-refractivity contribution in [2.24, 2.45) is 0 Å². The summed E-state index contributed by atoms with van der Waals surface area (Å²) in [6, 6.07) is 194. The summed E-state index contributed by atoms with van der Waals surface area (Å²) in [5.41, 5.74) is 39.9. The molecule has 21 aromatic rings. The highest BCUT2D eigenvalue weighted by molar-refractivity contribution is 9.11. The zero-order valence-corrected chi connectivity index (χ0v) is 85.9. The second-order valence-corrected chi connectivity index (χ2v) is 41.1. The molecule has 0 unspecified atom stereocenters. The molecular weight excluding hydrogens is 2030 g/mol. The second kappa shape index (κ2) is 37.9. The molecule has 145 heavy (non-hydrogen) atoms. The Morgan fingerprint density at radius 1 is 0.186 bits per heavy atom. The monoisotopic (exact) mass is 2110 g/mol. The van der Waals surface area contributed by atoms with Crippen molar-refractivity contribution >= 4 is 191 Å². The Balaban J connectivity index is 0.000000138. The van der Waals surface area contributed by atoms with Crippen molar-refractivity contribution in [2.45, 2.75) is 21.7 Å². The first-order valence-electron chi connectivity index (χ1n) is 49.4. The van der Waals surface area contributed by atoms with Gasteiger partial charge in [-0.1, -0.05) is 484 Å². The van der Waals surface area contributed by atoms with E-state index in [9.17, 15) is 0 Å². The predicted molar refractivity (Wildman–Crippen MR) is 618 cm³/mol. The van der Waals surface area contributed by atoms with E-state index in [-0.39, 0.29) is 20.5 Å². The van der Waals surface area contributed by atoms with E-state index < -0.39 is 21.7 Å². The summed E-state index contributed by atoms with van der Waals surface area (Å²) in [7, 11) is 3.01. The third kappa shape index (κ3) is 14.3. The second-order valence-electron chi connectivity index (χ2n) is 37.7. The van der Waals surface area contributed by atoms with Crippen LogP contribution in [0.4, 0.5) is 68.2 Å². The van der Waals surface area contributed by atoms with E-state index in [4.69, 9.17) is 9.31 Å². The van der Waals surface area contributed by atoms with Crippen LogP contribution < -0.4 is 57.8 Å². The normalized spacial score (nSPS) is 14.2. The van der Waals surface area contributed by atoms with E-state index in [0.29, 0.717) is 0 Å². The van der Waals surface area contributed by atoms with Crippen molar-refractivity contribution in [3.8, 4) is 0 Å². The average molecular weight is 2120 g/mol. The molecule has 21 aromatic carbocycles. The molecule has 6 aliphatic heterocycles. The van der Waals surface area contributed by atoms with Gasteiger partial charge in [0, 0.05) is 54.9 Å². The van der Waals surface area contributed by atoms with Gasteiger partial charge in [0.25, 0.3) is 0 Å². The fourth-order valence-corrected chi connectivity index (χ4v) is 27.5. The molecule has 0 atom stereocenters. The van der Waals surface area contributed by atoms with Crippen LogP contribution in [0.5, 0.6) is 0 Å². The first kappa shape index (κ1) is 91.1. The Labute approximate surface area is 882 Å². The van der Waals surface area contributed by atoms with Gasteiger partial charge in [0.05, 0.1) is 67.2 Å². The predicted octanol–water partition coefficient (Wildman–Crippen LogP) is 29.4. The Morgan fingerprint density at radius 2 is 0.407 bits per heavy atom. The molecule has 6 nitrogen and oxygen atoms in total. The molecule has 0 bridgehead atoms. The molecule has 0 saturated heterocycles. The van der Waals surface area contributed by atoms with Crippen molar-refractivity contribution in [1.29, 1.82) is 0 Å². The van der Waals surface area contributed by atoms with Crippen molar-refractivity contribution in [1.82, 2.24) is 0 Å². The lowest BCUT2D eigenvalue weighted by Gasteiger charge is -2.52. The summed E-state index contributed by atoms with van der Waals surface area (Å²) in [6.07, 6.45) is 0. The van der Waals surface area contributed by atoms with Crippen LogP contribution in [0.15, 0.2) is 546 Å². The van der Waals surface area contributed by atoms with E-state index in [1.54, 1.807) is 14.2 Å². The molecule has 0 radical (unpaired) electrons. The molecule has 690 valence electrons. The molecule has 13 heteroatoms. The van der Waals surface area contributed by atoms with Crippen LogP contribution in [-0.2, 0) is 31.0 Å². The highest BCUT2D eigenvalue weighted by Gasteiger charge is 2.56. The molecule has 0 aromatic heterocycles. The summed E-state index contributed by atoms with van der Waals surface area (Å²) < 4.78 is 14.0. The number of nitrogens with zero attached hydrogens (tertiary/aromatic N) is 4. The number of fused-ring (bicyclic) bond motifs is 12. The Bertz CT molecular complexity index is 7820. The van der Waals surface area contributed by atoms with Gasteiger partial charge in [0.15, 0.2) is 0 Å². The maximum absolute atomic E-state index is 5.06. The number of anilines is 12. The summed E-state index contributed by atoms with van der Waals surface area (Å²) in [5.74, 6) is 0. The minimum absolute atomic E-state index is 0.0474. The van der Waals surface area contributed by atoms with Crippen LogP contribution in [-0.4, -0.2) is 34.8 Å². The SMILES string of the molecule is Brc1cc(Br)c(N2c3ccccc3C(c3ccccc3)(c3ccccc3)c3cccc(Br)c32)cc1N1c2ccccc2C(c2ccccc2)(c2ccccc2)c2cccc(Br)c21.COB(OC)c1ccccc1.c1ccc(B2c3cc4c(cc3N3c5ccccc5C(c5ccccc5)(c5ccccc5)c5cccc2c53)N2c3ccccc3C(c3ccccc3)(c3ccccc3)c3cccc(c32)B4c2ccccc2)cc1. The van der Waals surface area contributed by atoms with Crippen LogP contribution in [0.2, 0.25) is 0 Å². The van der Waals surface area contributed by atoms with Crippen LogP contribution in [0.25, 0.3) is 0 Å². The molecule has 0 aliphatic carbocycles. The quantitative estimate of drug-likeness (QED) is 0.0951. The van der Waals surface area contributed by atoms with Gasteiger partial charge in [-0.3, -0.25) is 0 Å². The maximum Gasteiger partial charge on any atom is 0.493 e. The van der Waals surface area contributed by atoms with E-state index in [1.165, 1.54) is 156 Å². The lowest BCUT2D eigenvalue weighted by molar-refractivity contribution is 0.292. The number of hydrogen-bond donors (Lipinski definition) is 0. The van der Waals surface area contributed by atoms with Crippen molar-refractivity contribution < 1.29 is 9.31 Å². The molecule has 0 N–H and O–H groups in total. The van der Waals surface area contributed by atoms with E-state index in [0.717, 1.165) is 57.5 Å². The topological polar surface area (TPSA) is 31.4 Å². The number of rotatable bonds is 15. The first-order chi connectivity index (χ1) is 71.6. The number of halogens is 4. The highest BCUT2D eigenvalue weighted by atomic mass is 79.9. The summed E-state index contributed by atoms with van der Waals surface area (Å²) in [5, 5.41) is 0. The molecule has 0 amide bonds. The van der Waals surface area contributed by atoms with Gasteiger partial charge < -0.3 is 28.9 Å². The van der Waals surface area contributed by atoms with Crippen LogP contribution in [0, 0.1) is 0 Å². The fraction of sp³-hybridized carbons (Fsp3) is 0.0455. The van der Waals surface area contributed by atoms with Crippen LogP contribution >= 0.6 is 63.7 Å². The Morgan fingerprint density at radius 3 is 0.683 bits per heavy atom. The van der Waals surface area contributed by atoms with Gasteiger partial charge in [-0.2, -0.15) is 0 Å². The molecule has 27 rings (SSSR count). The maximum atomic E-state index is 5.06. The third-order valence-electron chi connectivity index (χ3n) is 30.6. The summed E-state index contributed by atoms with van der Waals surface area (Å²) >= 11 is 16.5. The minimum atomic E-state index is -0.604. The smallest absolute Gasteiger partial charge is 0.410 e. The zero-order valence-electron chi connectivity index (χ0n) is 79.6. The van der Waals surface area contributed by atoms with E-state index in [2.05, 4.69) is 581 Å². The van der Waals surface area contributed by atoms with Crippen LogP contribution in [0.1, 0.15) is 89.0 Å². The Hall–Kier alpha value is -15.1. The largest absolute Gasteiger partial charge is 0.493 e. The van der Waals surface area contributed by atoms with Gasteiger partial charge in [-0.25, -0.2) is 0 Å². The van der Waals surface area contributed by atoms with E-state index >= 15 is 0 Å². The molecule has 0 saturated carbocycles. The Kier molecular flexibility index (Phi) is 23.8. The van der Waals surface area contributed by atoms with Gasteiger partial charge in [-0.15, -0.1) is 0 Å². The zero-order chi connectivity index (χ0) is 97.5. The van der Waals surface area contributed by atoms with Crippen molar-refractivity contribution in [3.05, 3.63) is 635 Å². The molecule has 0 spiro atoms. The lowest BCUT2D eigenvalue weighted by Crippen LogP contribution is -2.63. The minimum Gasteiger partial charge on any atom is -0.410 e. The standard InChI is InChI=1S/C68H46B2N2.C56H36Br4N2.C8H11BO2/c1-7-25-47(26-8-1)67(48-27-9-2-10-28-48)53-37-19-21-43-61(53)71-63-46-64-60(45-59(63)69(51-33-15-5-16-34-51)57-41-23-39-55(67)65(57)71)70(52-35-17-6-18-36-52)58-42-24-40-56-66(58)72(64)62-44-22-20-38-54(62)68(56,49-29-11-3-12-30-49)50-31-13-4-14-32-50;57-45-31-17-29-43-53(45)61(49-33-15-13-27-41(49)55(43,37-19-5-1-6-20-37)38-21-7-2-8-22-38)51-36-52(48(60)35-47(51)59)62-50-34-16-14-28-42(50)56(39-23-9-3-10-24-39,40-25-11-4-12-26-40)44-30-18-32-46(58)54(44)62;1-10-9(11-2)8-6-4-3-5-7-8/h1-46H;1-36H;3-7H,1-2H3. The fourth-order valence-electron chi connectivity index (χ4n) is 25.1. The first-order valence-corrected chi connectivity index (χ1v) is 52.5. The van der Waals surface area contributed by atoms with Gasteiger partial charge >= 0.3 is 7.12 Å². The highest BCUT2D eigenvalue weighted by Crippen LogP contribution is 2.66. The lowest BCUT2D eigenvalue weighted by atomic mass is 9.31. The number of para-hydroxylation sites is 8. The molecule has 0 fully saturated rings. The average Bonchev–Trinajstić information content (AvgIpc) is 0.663. The van der Waals surface area contributed by atoms with Crippen molar-refractivity contribution in [3.63, 3.8) is 0 Å². The van der Waals surface area contributed by atoms with Crippen LogP contribution in [0.3, 0.4) is 0 Å². The van der Waals surface area contributed by atoms with Crippen molar-refractivity contribution in [2.75, 3.05) is 33.8 Å². The number of hydrogen-bond acceptors (Lipinski definition) is 6. The molecule has 6 aliphatic rings. The summed E-state index contributed by atoms with van der Waals surface area (Å²) in [6.45, 7) is -0.0948. The third-order valence-corrected chi connectivity index (χ3v) is 33.2.